The molecular weight excluding hydrogens is 302 g/mol. The van der Waals surface area contributed by atoms with Crippen molar-refractivity contribution in [1.29, 1.82) is 0 Å². The summed E-state index contributed by atoms with van der Waals surface area (Å²) in [5.74, 6) is 0. The molecule has 2 atom stereocenters. The number of aliphatic hydroxyl groups excluding tert-OH is 1. The van der Waals surface area contributed by atoms with Crippen LogP contribution in [0.4, 0.5) is 0 Å². The normalized spacial score (nSPS) is 17.0. The summed E-state index contributed by atoms with van der Waals surface area (Å²) in [6.07, 6.45) is 5.15. The Hall–Kier alpha value is -2.92. The lowest BCUT2D eigenvalue weighted by atomic mass is 9.95. The first-order valence-electron chi connectivity index (χ1n) is 7.93. The van der Waals surface area contributed by atoms with E-state index < -0.39 is 6.10 Å². The van der Waals surface area contributed by atoms with Crippen molar-refractivity contribution in [2.45, 2.75) is 18.6 Å². The lowest BCUT2D eigenvalue weighted by Crippen LogP contribution is -2.10. The molecule has 0 fully saturated rings. The molecule has 2 aromatic carbocycles. The highest BCUT2D eigenvalue weighted by molar-refractivity contribution is 5.73. The Bertz CT molecular complexity index is 1030. The lowest BCUT2D eigenvalue weighted by Gasteiger charge is -2.19. The van der Waals surface area contributed by atoms with Crippen molar-refractivity contribution in [2.24, 2.45) is 0 Å². The van der Waals surface area contributed by atoms with Crippen LogP contribution in [0.15, 0.2) is 65.8 Å². The Balaban J connectivity index is 1.51. The van der Waals surface area contributed by atoms with Gasteiger partial charge in [-0.2, -0.15) is 0 Å². The monoisotopic (exact) mass is 317 g/mol. The minimum atomic E-state index is -0.586. The highest BCUT2D eigenvalue weighted by Crippen LogP contribution is 2.43. The van der Waals surface area contributed by atoms with E-state index in [2.05, 4.69) is 26.7 Å². The van der Waals surface area contributed by atoms with Crippen LogP contribution in [0, 0.1) is 0 Å². The summed E-state index contributed by atoms with van der Waals surface area (Å²) in [6.45, 7) is 0. The smallest absolute Gasteiger partial charge is 0.181 e. The van der Waals surface area contributed by atoms with Gasteiger partial charge in [0.2, 0.25) is 0 Å². The highest BCUT2D eigenvalue weighted by Gasteiger charge is 2.30. The zero-order valence-corrected chi connectivity index (χ0v) is 12.8. The Morgan fingerprint density at radius 2 is 2.12 bits per heavy atom. The molecule has 2 aromatic heterocycles. The van der Waals surface area contributed by atoms with Gasteiger partial charge in [-0.3, -0.25) is 0 Å². The average Bonchev–Trinajstić information content (AvgIpc) is 3.31. The fourth-order valence-corrected chi connectivity index (χ4v) is 3.60. The summed E-state index contributed by atoms with van der Waals surface area (Å²) < 4.78 is 7.40. The fraction of sp³-hybridized carbons (Fsp3) is 0.158. The predicted octanol–water partition coefficient (Wildman–Crippen LogP) is 3.72. The van der Waals surface area contributed by atoms with E-state index in [1.807, 2.05) is 42.9 Å². The van der Waals surface area contributed by atoms with Gasteiger partial charge in [0.25, 0.3) is 0 Å². The second kappa shape index (κ2) is 5.04. The van der Waals surface area contributed by atoms with Crippen molar-refractivity contribution >= 4 is 11.1 Å². The maximum atomic E-state index is 10.8. The number of hydrogen-bond donors (Lipinski definition) is 1. The van der Waals surface area contributed by atoms with Crippen LogP contribution in [0.1, 0.15) is 29.7 Å². The lowest BCUT2D eigenvalue weighted by molar-refractivity contribution is 0.154. The van der Waals surface area contributed by atoms with Gasteiger partial charge in [-0.15, -0.1) is 0 Å². The van der Waals surface area contributed by atoms with Gasteiger partial charge in [-0.25, -0.2) is 9.97 Å². The van der Waals surface area contributed by atoms with E-state index in [4.69, 9.17) is 4.42 Å². The molecule has 5 nitrogen and oxygen atoms in total. The number of nitrogens with zero attached hydrogens (tertiary/aromatic N) is 3. The molecule has 0 saturated carbocycles. The van der Waals surface area contributed by atoms with E-state index in [0.29, 0.717) is 6.42 Å². The molecule has 24 heavy (non-hydrogen) atoms. The Morgan fingerprint density at radius 1 is 1.21 bits per heavy atom. The number of aliphatic hydroxyl groups is 1. The molecule has 0 spiro atoms. The molecule has 0 aliphatic carbocycles. The van der Waals surface area contributed by atoms with Gasteiger partial charge in [-0.05, 0) is 23.3 Å². The minimum absolute atomic E-state index is 0.0849. The first kappa shape index (κ1) is 13.5. The molecular formula is C19H15N3O2. The number of hydrogen-bond acceptors (Lipinski definition) is 4. The van der Waals surface area contributed by atoms with Gasteiger partial charge in [0, 0.05) is 12.0 Å². The van der Waals surface area contributed by atoms with Crippen LogP contribution in [0.3, 0.4) is 0 Å². The van der Waals surface area contributed by atoms with Gasteiger partial charge >= 0.3 is 0 Å². The van der Waals surface area contributed by atoms with E-state index in [-0.39, 0.29) is 6.04 Å². The Kier molecular flexibility index (Phi) is 2.84. The quantitative estimate of drug-likeness (QED) is 0.625. The predicted molar refractivity (Wildman–Crippen MR) is 89.4 cm³/mol. The van der Waals surface area contributed by atoms with E-state index in [1.165, 1.54) is 17.5 Å². The third kappa shape index (κ3) is 1.91. The molecule has 0 amide bonds. The first-order valence-corrected chi connectivity index (χ1v) is 7.93. The molecule has 4 aromatic rings. The van der Waals surface area contributed by atoms with Crippen molar-refractivity contribution in [3.63, 3.8) is 0 Å². The number of aromatic nitrogens is 3. The minimum Gasteiger partial charge on any atom is -0.443 e. The topological polar surface area (TPSA) is 64.1 Å². The van der Waals surface area contributed by atoms with Crippen LogP contribution in [0.5, 0.6) is 0 Å². The fourth-order valence-electron chi connectivity index (χ4n) is 3.60. The van der Waals surface area contributed by atoms with Gasteiger partial charge in [0.15, 0.2) is 12.0 Å². The molecule has 2 unspecified atom stereocenters. The number of imidazole rings is 1. The van der Waals surface area contributed by atoms with Crippen molar-refractivity contribution in [3.05, 3.63) is 72.5 Å². The molecule has 3 heterocycles. The van der Waals surface area contributed by atoms with Gasteiger partial charge in [0.1, 0.15) is 5.52 Å². The Morgan fingerprint density at radius 3 is 3.08 bits per heavy atom. The second-order valence-electron chi connectivity index (χ2n) is 6.12. The summed E-state index contributed by atoms with van der Waals surface area (Å²) in [4.78, 5) is 8.43. The SMILES string of the molecule is OC(CC1c2ccccc2-c2cncn21)c1ccc2ocnc2c1. The Labute approximate surface area is 138 Å². The third-order valence-electron chi connectivity index (χ3n) is 4.78. The van der Waals surface area contributed by atoms with Crippen LogP contribution in [-0.4, -0.2) is 19.6 Å². The van der Waals surface area contributed by atoms with Crippen LogP contribution in [0.25, 0.3) is 22.4 Å². The maximum absolute atomic E-state index is 10.8. The first-order chi connectivity index (χ1) is 11.8. The largest absolute Gasteiger partial charge is 0.443 e. The van der Waals surface area contributed by atoms with Gasteiger partial charge < -0.3 is 14.1 Å². The summed E-state index contributed by atoms with van der Waals surface area (Å²) in [5.41, 5.74) is 5.88. The van der Waals surface area contributed by atoms with Crippen LogP contribution in [0.2, 0.25) is 0 Å². The molecule has 0 radical (unpaired) electrons. The highest BCUT2D eigenvalue weighted by atomic mass is 16.3. The van der Waals surface area contributed by atoms with Crippen LogP contribution < -0.4 is 0 Å². The second-order valence-corrected chi connectivity index (χ2v) is 6.12. The summed E-state index contributed by atoms with van der Waals surface area (Å²) in [5, 5.41) is 10.8. The van der Waals surface area contributed by atoms with Gasteiger partial charge in [0.05, 0.1) is 30.4 Å². The average molecular weight is 317 g/mol. The molecule has 5 rings (SSSR count). The van der Waals surface area contributed by atoms with E-state index in [0.717, 1.165) is 22.4 Å². The molecule has 118 valence electrons. The van der Waals surface area contributed by atoms with Crippen molar-refractivity contribution in [3.8, 4) is 11.3 Å². The summed E-state index contributed by atoms with van der Waals surface area (Å²) in [7, 11) is 0. The zero-order valence-electron chi connectivity index (χ0n) is 12.8. The van der Waals surface area contributed by atoms with E-state index in [1.54, 1.807) is 0 Å². The van der Waals surface area contributed by atoms with Crippen molar-refractivity contribution in [1.82, 2.24) is 14.5 Å². The standard InChI is InChI=1S/C19H15N3O2/c23-18(12-5-6-19-15(7-12)21-11-24-19)8-16-13-3-1-2-4-14(13)17-9-20-10-22(16)17/h1-7,9-11,16,18,23H,8H2. The molecule has 1 aliphatic heterocycles. The van der Waals surface area contributed by atoms with Gasteiger partial charge in [-0.1, -0.05) is 30.3 Å². The molecule has 0 bridgehead atoms. The number of oxazole rings is 1. The number of fused-ring (bicyclic) bond motifs is 4. The molecule has 1 aliphatic rings. The third-order valence-corrected chi connectivity index (χ3v) is 4.78. The number of rotatable bonds is 3. The van der Waals surface area contributed by atoms with E-state index >= 15 is 0 Å². The van der Waals surface area contributed by atoms with Crippen molar-refractivity contribution < 1.29 is 9.52 Å². The summed E-state index contributed by atoms with van der Waals surface area (Å²) >= 11 is 0. The molecule has 1 N–H and O–H groups in total. The van der Waals surface area contributed by atoms with Crippen molar-refractivity contribution in [2.75, 3.05) is 0 Å². The van der Waals surface area contributed by atoms with E-state index in [9.17, 15) is 5.11 Å². The van der Waals surface area contributed by atoms with Crippen LogP contribution in [-0.2, 0) is 0 Å². The number of benzene rings is 2. The molecule has 5 heteroatoms. The zero-order chi connectivity index (χ0) is 16.1. The summed E-state index contributed by atoms with van der Waals surface area (Å²) in [6, 6.07) is 14.0. The maximum Gasteiger partial charge on any atom is 0.181 e. The van der Waals surface area contributed by atoms with Crippen LogP contribution >= 0.6 is 0 Å². The molecule has 0 saturated heterocycles.